The molecule has 1 unspecified atom stereocenters. The van der Waals surface area contributed by atoms with Crippen molar-refractivity contribution in [1.29, 1.82) is 0 Å². The predicted molar refractivity (Wildman–Crippen MR) is 67.4 cm³/mol. The zero-order valence-corrected chi connectivity index (χ0v) is 10.0. The highest BCUT2D eigenvalue weighted by molar-refractivity contribution is 5.52. The molecule has 1 aromatic rings. The lowest BCUT2D eigenvalue weighted by Crippen LogP contribution is -2.39. The Balaban J connectivity index is 2.26. The summed E-state index contributed by atoms with van der Waals surface area (Å²) in [6.45, 7) is 4.02. The molecule has 3 heteroatoms. The first-order valence-corrected chi connectivity index (χ1v) is 6.26. The third kappa shape index (κ3) is 2.19. The fourth-order valence-corrected chi connectivity index (χ4v) is 2.59. The first kappa shape index (κ1) is 11.4. The first-order chi connectivity index (χ1) is 7.86. The summed E-state index contributed by atoms with van der Waals surface area (Å²) in [5, 5.41) is 0. The molecule has 0 bridgehead atoms. The van der Waals surface area contributed by atoms with Crippen LogP contribution in [0.25, 0.3) is 0 Å². The fraction of sp³-hybridized carbons (Fsp3) is 0.615. The van der Waals surface area contributed by atoms with Crippen molar-refractivity contribution in [2.45, 2.75) is 45.2 Å². The van der Waals surface area contributed by atoms with Crippen LogP contribution in [0, 0.1) is 0 Å². The topological polar surface area (TPSA) is 42.2 Å². The van der Waals surface area contributed by atoms with E-state index in [-0.39, 0.29) is 0 Å². The summed E-state index contributed by atoms with van der Waals surface area (Å²) in [6, 6.07) is 2.71. The normalized spacial score (nSPS) is 21.1. The molecule has 0 aromatic carbocycles. The number of anilines is 1. The van der Waals surface area contributed by atoms with Gasteiger partial charge in [-0.1, -0.05) is 6.92 Å². The van der Waals surface area contributed by atoms with E-state index in [4.69, 9.17) is 5.73 Å². The molecule has 1 aromatic heterocycles. The van der Waals surface area contributed by atoms with Gasteiger partial charge in [-0.3, -0.25) is 4.98 Å². The van der Waals surface area contributed by atoms with E-state index in [2.05, 4.69) is 16.8 Å². The van der Waals surface area contributed by atoms with Crippen LogP contribution in [-0.2, 0) is 6.54 Å². The van der Waals surface area contributed by atoms with Gasteiger partial charge in [0.05, 0.1) is 11.9 Å². The van der Waals surface area contributed by atoms with Crippen molar-refractivity contribution < 1.29 is 0 Å². The second-order valence-electron chi connectivity index (χ2n) is 4.46. The molecular weight excluding hydrogens is 198 g/mol. The summed E-state index contributed by atoms with van der Waals surface area (Å²) < 4.78 is 0. The molecule has 1 aliphatic rings. The molecular formula is C13H21N3. The van der Waals surface area contributed by atoms with Crippen molar-refractivity contribution in [2.75, 3.05) is 11.4 Å². The van der Waals surface area contributed by atoms with Crippen molar-refractivity contribution in [1.82, 2.24) is 4.98 Å². The Kier molecular flexibility index (Phi) is 3.78. The van der Waals surface area contributed by atoms with Gasteiger partial charge in [0.15, 0.2) is 0 Å². The van der Waals surface area contributed by atoms with E-state index in [0.29, 0.717) is 12.6 Å². The zero-order valence-electron chi connectivity index (χ0n) is 10.0. The molecule has 2 heterocycles. The molecule has 1 fully saturated rings. The number of hydrogen-bond acceptors (Lipinski definition) is 3. The first-order valence-electron chi connectivity index (χ1n) is 6.26. The monoisotopic (exact) mass is 219 g/mol. The Morgan fingerprint density at radius 1 is 1.50 bits per heavy atom. The Bertz CT molecular complexity index is 338. The van der Waals surface area contributed by atoms with Crippen LogP contribution >= 0.6 is 0 Å². The second-order valence-corrected chi connectivity index (χ2v) is 4.46. The van der Waals surface area contributed by atoms with Gasteiger partial charge < -0.3 is 10.6 Å². The average Bonchev–Trinajstić information content (AvgIpc) is 2.38. The van der Waals surface area contributed by atoms with E-state index >= 15 is 0 Å². The maximum atomic E-state index is 5.79. The van der Waals surface area contributed by atoms with Crippen molar-refractivity contribution in [3.63, 3.8) is 0 Å². The maximum absolute atomic E-state index is 5.79. The van der Waals surface area contributed by atoms with Gasteiger partial charge in [-0.15, -0.1) is 0 Å². The van der Waals surface area contributed by atoms with Crippen molar-refractivity contribution >= 4 is 5.69 Å². The number of rotatable bonds is 3. The highest BCUT2D eigenvalue weighted by Crippen LogP contribution is 2.28. The largest absolute Gasteiger partial charge is 0.367 e. The van der Waals surface area contributed by atoms with Gasteiger partial charge in [0, 0.05) is 25.3 Å². The minimum absolute atomic E-state index is 0.602. The van der Waals surface area contributed by atoms with Crippen LogP contribution < -0.4 is 10.6 Å². The summed E-state index contributed by atoms with van der Waals surface area (Å²) in [5.74, 6) is 0. The summed E-state index contributed by atoms with van der Waals surface area (Å²) in [4.78, 5) is 6.74. The Hall–Kier alpha value is -1.09. The summed E-state index contributed by atoms with van der Waals surface area (Å²) in [6.07, 6.45) is 8.95. The zero-order chi connectivity index (χ0) is 11.4. The maximum Gasteiger partial charge on any atom is 0.0600 e. The Morgan fingerprint density at radius 2 is 2.38 bits per heavy atom. The second kappa shape index (κ2) is 5.30. The number of hydrogen-bond donors (Lipinski definition) is 1. The number of aromatic nitrogens is 1. The Morgan fingerprint density at radius 3 is 3.12 bits per heavy atom. The van der Waals surface area contributed by atoms with Crippen molar-refractivity contribution in [3.8, 4) is 0 Å². The lowest BCUT2D eigenvalue weighted by Gasteiger charge is -2.38. The minimum Gasteiger partial charge on any atom is -0.367 e. The molecule has 1 saturated heterocycles. The van der Waals surface area contributed by atoms with Gasteiger partial charge in [-0.2, -0.15) is 0 Å². The molecule has 1 atom stereocenters. The number of nitrogens with zero attached hydrogens (tertiary/aromatic N) is 2. The lowest BCUT2D eigenvalue weighted by molar-refractivity contribution is 0.448. The van der Waals surface area contributed by atoms with Gasteiger partial charge in [0.25, 0.3) is 0 Å². The highest BCUT2D eigenvalue weighted by Gasteiger charge is 2.22. The summed E-state index contributed by atoms with van der Waals surface area (Å²) in [5.41, 5.74) is 8.25. The van der Waals surface area contributed by atoms with Crippen molar-refractivity contribution in [2.24, 2.45) is 5.73 Å². The van der Waals surface area contributed by atoms with E-state index in [1.807, 2.05) is 18.5 Å². The van der Waals surface area contributed by atoms with Crippen LogP contribution in [0.15, 0.2) is 18.5 Å². The van der Waals surface area contributed by atoms with Gasteiger partial charge in [0.1, 0.15) is 0 Å². The van der Waals surface area contributed by atoms with Crippen LogP contribution in [0.4, 0.5) is 5.69 Å². The van der Waals surface area contributed by atoms with E-state index in [1.165, 1.54) is 36.9 Å². The SMILES string of the molecule is CCC1CCCCN1c1cnccc1CN. The van der Waals surface area contributed by atoms with Gasteiger partial charge in [-0.05, 0) is 37.3 Å². The molecule has 0 saturated carbocycles. The van der Waals surface area contributed by atoms with E-state index in [1.54, 1.807) is 0 Å². The van der Waals surface area contributed by atoms with Crippen molar-refractivity contribution in [3.05, 3.63) is 24.0 Å². The third-order valence-corrected chi connectivity index (χ3v) is 3.52. The molecule has 16 heavy (non-hydrogen) atoms. The van der Waals surface area contributed by atoms with E-state index in [9.17, 15) is 0 Å². The molecule has 0 amide bonds. The lowest BCUT2D eigenvalue weighted by atomic mass is 9.98. The molecule has 0 aliphatic carbocycles. The summed E-state index contributed by atoms with van der Waals surface area (Å²) >= 11 is 0. The van der Waals surface area contributed by atoms with E-state index < -0.39 is 0 Å². The average molecular weight is 219 g/mol. The molecule has 88 valence electrons. The van der Waals surface area contributed by atoms with E-state index in [0.717, 1.165) is 6.54 Å². The molecule has 0 spiro atoms. The standard InChI is InChI=1S/C13H21N3/c1-2-12-5-3-4-8-16(12)13-10-15-7-6-11(13)9-14/h6-7,10,12H,2-5,8-9,14H2,1H3. The molecule has 2 N–H and O–H groups in total. The quantitative estimate of drug-likeness (QED) is 0.848. The van der Waals surface area contributed by atoms with Crippen LogP contribution in [0.3, 0.4) is 0 Å². The van der Waals surface area contributed by atoms with Crippen LogP contribution in [0.5, 0.6) is 0 Å². The molecule has 0 radical (unpaired) electrons. The molecule has 1 aliphatic heterocycles. The van der Waals surface area contributed by atoms with Crippen LogP contribution in [0.2, 0.25) is 0 Å². The van der Waals surface area contributed by atoms with Crippen LogP contribution in [-0.4, -0.2) is 17.6 Å². The smallest absolute Gasteiger partial charge is 0.0600 e. The minimum atomic E-state index is 0.602. The summed E-state index contributed by atoms with van der Waals surface area (Å²) in [7, 11) is 0. The number of pyridine rings is 1. The van der Waals surface area contributed by atoms with Gasteiger partial charge in [0.2, 0.25) is 0 Å². The highest BCUT2D eigenvalue weighted by atomic mass is 15.2. The number of piperidine rings is 1. The molecule has 2 rings (SSSR count). The Labute approximate surface area is 97.7 Å². The fourth-order valence-electron chi connectivity index (χ4n) is 2.59. The van der Waals surface area contributed by atoms with Crippen LogP contribution in [0.1, 0.15) is 38.2 Å². The molecule has 3 nitrogen and oxygen atoms in total. The van der Waals surface area contributed by atoms with Gasteiger partial charge >= 0.3 is 0 Å². The predicted octanol–water partition coefficient (Wildman–Crippen LogP) is 2.31. The third-order valence-electron chi connectivity index (χ3n) is 3.52. The van der Waals surface area contributed by atoms with Gasteiger partial charge in [-0.25, -0.2) is 0 Å². The number of nitrogens with two attached hydrogens (primary N) is 1.